The molecule has 0 saturated carbocycles. The Kier molecular flexibility index (Phi) is 5.00. The van der Waals surface area contributed by atoms with Crippen LogP contribution in [0.1, 0.15) is 10.6 Å². The summed E-state index contributed by atoms with van der Waals surface area (Å²) in [5, 5.41) is 8.27. The highest BCUT2D eigenvalue weighted by Gasteiger charge is 2.16. The largest absolute Gasteiger partial charge is 0.383 e. The summed E-state index contributed by atoms with van der Waals surface area (Å²) in [4.78, 5) is 15.0. The molecule has 3 rings (SSSR count). The molecule has 5 nitrogen and oxygen atoms in total. The summed E-state index contributed by atoms with van der Waals surface area (Å²) in [6, 6.07) is 2.08. The number of aromatic nitrogens is 3. The summed E-state index contributed by atoms with van der Waals surface area (Å²) in [5.41, 5.74) is 4.06. The number of nitrogens with zero attached hydrogens (tertiary/aromatic N) is 3. The van der Waals surface area contributed by atoms with Crippen LogP contribution in [0, 0.1) is 13.8 Å². The van der Waals surface area contributed by atoms with Gasteiger partial charge in [-0.3, -0.25) is 0 Å². The Morgan fingerprint density at radius 2 is 2.13 bits per heavy atom. The number of methoxy groups -OCH3 is 1. The molecule has 0 saturated heterocycles. The standard InChI is InChI=1S/C16H18N4OS2/c1-10-11(2)23-15(19-10)14-13(12-4-7-22-9-12)8-18-16(20-14)17-5-6-21-3/h4,7-9H,5-6H2,1-3H3,(H,17,18,20). The van der Waals surface area contributed by atoms with Crippen LogP contribution >= 0.6 is 22.7 Å². The molecule has 0 atom stereocenters. The van der Waals surface area contributed by atoms with Crippen LogP contribution in [0.5, 0.6) is 0 Å². The molecule has 1 N–H and O–H groups in total. The van der Waals surface area contributed by atoms with Gasteiger partial charge in [-0.15, -0.1) is 11.3 Å². The molecule has 3 heterocycles. The van der Waals surface area contributed by atoms with E-state index in [2.05, 4.69) is 39.0 Å². The van der Waals surface area contributed by atoms with Crippen LogP contribution in [0.25, 0.3) is 21.8 Å². The normalized spacial score (nSPS) is 10.9. The van der Waals surface area contributed by atoms with Crippen molar-refractivity contribution in [3.8, 4) is 21.8 Å². The maximum absolute atomic E-state index is 5.05. The summed E-state index contributed by atoms with van der Waals surface area (Å²) in [5.74, 6) is 0.599. The third-order valence-electron chi connectivity index (χ3n) is 3.44. The van der Waals surface area contributed by atoms with Crippen molar-refractivity contribution in [2.75, 3.05) is 25.6 Å². The van der Waals surface area contributed by atoms with Gasteiger partial charge in [-0.05, 0) is 36.2 Å². The number of aryl methyl sites for hydroxylation is 2. The van der Waals surface area contributed by atoms with Gasteiger partial charge in [0, 0.05) is 30.3 Å². The molecule has 0 radical (unpaired) electrons. The predicted octanol–water partition coefficient (Wildman–Crippen LogP) is 4.00. The smallest absolute Gasteiger partial charge is 0.223 e. The molecule has 0 bridgehead atoms. The molecule has 0 aliphatic carbocycles. The van der Waals surface area contributed by atoms with Crippen LogP contribution < -0.4 is 5.32 Å². The third-order valence-corrected chi connectivity index (χ3v) is 5.20. The molecule has 23 heavy (non-hydrogen) atoms. The highest BCUT2D eigenvalue weighted by atomic mass is 32.1. The van der Waals surface area contributed by atoms with E-state index in [1.54, 1.807) is 29.8 Å². The van der Waals surface area contributed by atoms with E-state index in [1.165, 1.54) is 4.88 Å². The predicted molar refractivity (Wildman–Crippen MR) is 96.3 cm³/mol. The lowest BCUT2D eigenvalue weighted by atomic mass is 10.1. The van der Waals surface area contributed by atoms with Crippen molar-refractivity contribution in [2.24, 2.45) is 0 Å². The van der Waals surface area contributed by atoms with E-state index in [4.69, 9.17) is 9.72 Å². The molecule has 120 valence electrons. The Hall–Kier alpha value is -1.83. The second-order valence-corrected chi connectivity index (χ2v) is 7.03. The van der Waals surface area contributed by atoms with E-state index in [1.807, 2.05) is 13.1 Å². The van der Waals surface area contributed by atoms with Crippen molar-refractivity contribution in [1.82, 2.24) is 15.0 Å². The van der Waals surface area contributed by atoms with Crippen molar-refractivity contribution >= 4 is 28.6 Å². The van der Waals surface area contributed by atoms with E-state index < -0.39 is 0 Å². The van der Waals surface area contributed by atoms with E-state index in [-0.39, 0.29) is 0 Å². The van der Waals surface area contributed by atoms with Crippen molar-refractivity contribution in [3.05, 3.63) is 33.6 Å². The molecule has 0 unspecified atom stereocenters. The molecule has 7 heteroatoms. The fraction of sp³-hybridized carbons (Fsp3) is 0.312. The van der Waals surface area contributed by atoms with Gasteiger partial charge in [-0.1, -0.05) is 0 Å². The number of rotatable bonds is 6. The Morgan fingerprint density at radius 3 is 2.78 bits per heavy atom. The SMILES string of the molecule is COCCNc1ncc(-c2ccsc2)c(-c2nc(C)c(C)s2)n1. The van der Waals surface area contributed by atoms with Crippen LogP contribution in [0.4, 0.5) is 5.95 Å². The topological polar surface area (TPSA) is 59.9 Å². The summed E-state index contributed by atoms with van der Waals surface area (Å²) in [6.07, 6.45) is 1.87. The maximum Gasteiger partial charge on any atom is 0.223 e. The number of hydrogen-bond acceptors (Lipinski definition) is 7. The first-order valence-corrected chi connectivity index (χ1v) is 9.02. The summed E-state index contributed by atoms with van der Waals surface area (Å²) >= 11 is 3.33. The van der Waals surface area contributed by atoms with Crippen molar-refractivity contribution in [1.29, 1.82) is 0 Å². The van der Waals surface area contributed by atoms with Crippen molar-refractivity contribution in [3.63, 3.8) is 0 Å². The molecule has 0 aliphatic rings. The van der Waals surface area contributed by atoms with Gasteiger partial charge in [0.15, 0.2) is 0 Å². The second-order valence-electron chi connectivity index (χ2n) is 5.05. The first-order valence-electron chi connectivity index (χ1n) is 7.26. The molecule has 0 fully saturated rings. The lowest BCUT2D eigenvalue weighted by Crippen LogP contribution is -2.10. The van der Waals surface area contributed by atoms with Crippen LogP contribution in [-0.2, 0) is 4.74 Å². The zero-order chi connectivity index (χ0) is 16.2. The van der Waals surface area contributed by atoms with Gasteiger partial charge in [0.25, 0.3) is 0 Å². The zero-order valence-corrected chi connectivity index (χ0v) is 14.9. The van der Waals surface area contributed by atoms with Crippen LogP contribution in [0.3, 0.4) is 0 Å². The monoisotopic (exact) mass is 346 g/mol. The van der Waals surface area contributed by atoms with Crippen LogP contribution in [0.15, 0.2) is 23.0 Å². The van der Waals surface area contributed by atoms with Gasteiger partial charge in [-0.25, -0.2) is 15.0 Å². The Labute approximate surface area is 143 Å². The molecule has 0 aliphatic heterocycles. The van der Waals surface area contributed by atoms with Crippen molar-refractivity contribution in [2.45, 2.75) is 13.8 Å². The first-order chi connectivity index (χ1) is 11.2. The maximum atomic E-state index is 5.05. The third kappa shape index (κ3) is 3.57. The van der Waals surface area contributed by atoms with Gasteiger partial charge >= 0.3 is 0 Å². The lowest BCUT2D eigenvalue weighted by molar-refractivity contribution is 0.210. The molecular formula is C16H18N4OS2. The van der Waals surface area contributed by atoms with Gasteiger partial charge in [0.05, 0.1) is 12.3 Å². The number of nitrogens with one attached hydrogen (secondary N) is 1. The fourth-order valence-electron chi connectivity index (χ4n) is 2.10. The van der Waals surface area contributed by atoms with Crippen molar-refractivity contribution < 1.29 is 4.74 Å². The average molecular weight is 346 g/mol. The lowest BCUT2D eigenvalue weighted by Gasteiger charge is -2.09. The molecule has 3 aromatic heterocycles. The summed E-state index contributed by atoms with van der Waals surface area (Å²) in [7, 11) is 1.68. The minimum absolute atomic E-state index is 0.599. The molecular weight excluding hydrogens is 328 g/mol. The summed E-state index contributed by atoms with van der Waals surface area (Å²) < 4.78 is 5.05. The van der Waals surface area contributed by atoms with Gasteiger partial charge in [0.1, 0.15) is 10.7 Å². The van der Waals surface area contributed by atoms with Gasteiger partial charge < -0.3 is 10.1 Å². The highest BCUT2D eigenvalue weighted by Crippen LogP contribution is 2.35. The van der Waals surface area contributed by atoms with Crippen LogP contribution in [0.2, 0.25) is 0 Å². The van der Waals surface area contributed by atoms with E-state index in [0.717, 1.165) is 27.5 Å². The highest BCUT2D eigenvalue weighted by molar-refractivity contribution is 7.15. The molecule has 0 spiro atoms. The molecule has 3 aromatic rings. The molecule has 0 amide bonds. The minimum Gasteiger partial charge on any atom is -0.383 e. The van der Waals surface area contributed by atoms with Gasteiger partial charge in [-0.2, -0.15) is 11.3 Å². The second kappa shape index (κ2) is 7.16. The Bertz CT molecular complexity index is 764. The quantitative estimate of drug-likeness (QED) is 0.684. The minimum atomic E-state index is 0.599. The number of ether oxygens (including phenoxy) is 1. The number of hydrogen-bond donors (Lipinski definition) is 1. The average Bonchev–Trinajstić information content (AvgIpc) is 3.18. The van der Waals surface area contributed by atoms with Gasteiger partial charge in [0.2, 0.25) is 5.95 Å². The molecule has 0 aromatic carbocycles. The Balaban J connectivity index is 2.02. The van der Waals surface area contributed by atoms with E-state index in [9.17, 15) is 0 Å². The number of thiophene rings is 1. The first kappa shape index (κ1) is 16.0. The summed E-state index contributed by atoms with van der Waals surface area (Å²) in [6.45, 7) is 5.39. The van der Waals surface area contributed by atoms with Crippen LogP contribution in [-0.4, -0.2) is 35.2 Å². The van der Waals surface area contributed by atoms with E-state index >= 15 is 0 Å². The fourth-order valence-corrected chi connectivity index (χ4v) is 3.67. The number of thiazole rings is 1. The number of anilines is 1. The van der Waals surface area contributed by atoms with E-state index in [0.29, 0.717) is 19.1 Å². The Morgan fingerprint density at radius 1 is 1.26 bits per heavy atom. The zero-order valence-electron chi connectivity index (χ0n) is 13.3.